The maximum atomic E-state index is 12.9. The summed E-state index contributed by atoms with van der Waals surface area (Å²) in [5.74, 6) is -0.150. The van der Waals surface area contributed by atoms with Gasteiger partial charge in [0.25, 0.3) is 0 Å². The lowest BCUT2D eigenvalue weighted by atomic mass is 9.97. The third-order valence-electron chi connectivity index (χ3n) is 4.00. The molecule has 136 valence electrons. The molecule has 0 aliphatic rings. The fourth-order valence-corrected chi connectivity index (χ4v) is 3.29. The van der Waals surface area contributed by atoms with Gasteiger partial charge < -0.3 is 9.64 Å². The number of unbranched alkanes of at least 4 members (excludes halogenated alkanes) is 1. The smallest absolute Gasteiger partial charge is 0.357 e. The summed E-state index contributed by atoms with van der Waals surface area (Å²) in [4.78, 5) is 30.8. The van der Waals surface area contributed by atoms with E-state index in [0.29, 0.717) is 18.8 Å². The molecule has 0 aliphatic carbocycles. The van der Waals surface area contributed by atoms with Gasteiger partial charge in [0.05, 0.1) is 13.2 Å². The molecule has 6 heteroatoms. The Hall–Kier alpha value is -1.43. The van der Waals surface area contributed by atoms with Gasteiger partial charge in [-0.05, 0) is 33.6 Å². The van der Waals surface area contributed by atoms with Crippen molar-refractivity contribution in [1.29, 1.82) is 0 Å². The van der Waals surface area contributed by atoms with Crippen LogP contribution < -0.4 is 0 Å². The van der Waals surface area contributed by atoms with Gasteiger partial charge in [-0.15, -0.1) is 11.3 Å². The van der Waals surface area contributed by atoms with Gasteiger partial charge in [-0.2, -0.15) is 0 Å². The van der Waals surface area contributed by atoms with Crippen molar-refractivity contribution in [2.75, 3.05) is 6.61 Å². The number of amides is 1. The minimum Gasteiger partial charge on any atom is -0.461 e. The zero-order valence-electron chi connectivity index (χ0n) is 15.5. The van der Waals surface area contributed by atoms with Crippen molar-refractivity contribution in [2.45, 2.75) is 72.9 Å². The maximum Gasteiger partial charge on any atom is 0.357 e. The molecule has 0 aliphatic heterocycles. The first kappa shape index (κ1) is 20.6. The molecule has 0 fully saturated rings. The van der Waals surface area contributed by atoms with Gasteiger partial charge in [0.2, 0.25) is 5.91 Å². The second-order valence-corrected chi connectivity index (χ2v) is 7.10. The van der Waals surface area contributed by atoms with Gasteiger partial charge in [0.15, 0.2) is 5.69 Å². The van der Waals surface area contributed by atoms with Crippen LogP contribution in [0.2, 0.25) is 0 Å². The van der Waals surface area contributed by atoms with Crippen molar-refractivity contribution < 1.29 is 14.3 Å². The van der Waals surface area contributed by atoms with Crippen LogP contribution in [0.15, 0.2) is 5.38 Å². The van der Waals surface area contributed by atoms with Crippen LogP contribution in [0.3, 0.4) is 0 Å². The van der Waals surface area contributed by atoms with Crippen molar-refractivity contribution in [3.05, 3.63) is 16.1 Å². The molecule has 0 radical (unpaired) electrons. The molecule has 0 spiro atoms. The first-order valence-electron chi connectivity index (χ1n) is 8.86. The predicted molar refractivity (Wildman–Crippen MR) is 97.1 cm³/mol. The monoisotopic (exact) mass is 354 g/mol. The van der Waals surface area contributed by atoms with Crippen LogP contribution >= 0.6 is 11.3 Å². The number of rotatable bonds is 10. The van der Waals surface area contributed by atoms with E-state index in [0.717, 1.165) is 30.7 Å². The van der Waals surface area contributed by atoms with Crippen molar-refractivity contribution in [1.82, 2.24) is 9.88 Å². The Bertz CT molecular complexity index is 528. The number of esters is 1. The van der Waals surface area contributed by atoms with Gasteiger partial charge in [0, 0.05) is 17.3 Å². The normalized spacial score (nSPS) is 12.2. The van der Waals surface area contributed by atoms with Crippen molar-refractivity contribution in [3.8, 4) is 0 Å². The summed E-state index contributed by atoms with van der Waals surface area (Å²) in [6, 6.07) is 0.100. The average Bonchev–Trinajstić information content (AvgIpc) is 3.02. The summed E-state index contributed by atoms with van der Waals surface area (Å²) in [7, 11) is 0. The molecule has 0 aromatic carbocycles. The number of hydrogen-bond donors (Lipinski definition) is 0. The number of carbonyl (C=O) groups excluding carboxylic acids is 2. The van der Waals surface area contributed by atoms with Gasteiger partial charge in [-0.3, -0.25) is 4.79 Å². The number of nitrogens with zero attached hydrogens (tertiary/aromatic N) is 2. The van der Waals surface area contributed by atoms with Crippen LogP contribution in [-0.4, -0.2) is 34.4 Å². The zero-order valence-corrected chi connectivity index (χ0v) is 16.3. The number of ether oxygens (including phenoxy) is 1. The zero-order chi connectivity index (χ0) is 18.1. The molecule has 1 atom stereocenters. The molecule has 0 unspecified atom stereocenters. The third-order valence-corrected chi connectivity index (χ3v) is 4.83. The van der Waals surface area contributed by atoms with Crippen molar-refractivity contribution in [3.63, 3.8) is 0 Å². The number of hydrogen-bond acceptors (Lipinski definition) is 5. The van der Waals surface area contributed by atoms with Gasteiger partial charge in [-0.25, -0.2) is 9.78 Å². The lowest BCUT2D eigenvalue weighted by molar-refractivity contribution is -0.138. The minimum absolute atomic E-state index is 0.0665. The van der Waals surface area contributed by atoms with E-state index in [2.05, 4.69) is 18.8 Å². The van der Waals surface area contributed by atoms with Gasteiger partial charge in [0.1, 0.15) is 5.01 Å². The second kappa shape index (κ2) is 10.4. The van der Waals surface area contributed by atoms with Crippen LogP contribution in [0.5, 0.6) is 0 Å². The van der Waals surface area contributed by atoms with Gasteiger partial charge >= 0.3 is 5.97 Å². The quantitative estimate of drug-likeness (QED) is 0.589. The highest BCUT2D eigenvalue weighted by atomic mass is 32.1. The Morgan fingerprint density at radius 3 is 2.54 bits per heavy atom. The predicted octanol–water partition coefficient (Wildman–Crippen LogP) is 4.27. The molecule has 1 heterocycles. The van der Waals surface area contributed by atoms with Crippen LogP contribution in [0.25, 0.3) is 0 Å². The molecule has 1 rings (SSSR count). The van der Waals surface area contributed by atoms with E-state index in [1.807, 2.05) is 18.7 Å². The summed E-state index contributed by atoms with van der Waals surface area (Å²) < 4.78 is 4.97. The lowest BCUT2D eigenvalue weighted by Gasteiger charge is -2.29. The van der Waals surface area contributed by atoms with E-state index in [-0.39, 0.29) is 17.9 Å². The van der Waals surface area contributed by atoms with E-state index in [9.17, 15) is 9.59 Å². The summed E-state index contributed by atoms with van der Waals surface area (Å²) >= 11 is 1.40. The van der Waals surface area contributed by atoms with Crippen molar-refractivity contribution in [2.24, 2.45) is 5.92 Å². The Kier molecular flexibility index (Phi) is 8.97. The summed E-state index contributed by atoms with van der Waals surface area (Å²) in [5.41, 5.74) is 0.325. The maximum absolute atomic E-state index is 12.9. The second-order valence-electron chi connectivity index (χ2n) is 6.15. The van der Waals surface area contributed by atoms with E-state index >= 15 is 0 Å². The molecular formula is C18H30N2O3S. The first-order chi connectivity index (χ1) is 11.4. The first-order valence-corrected chi connectivity index (χ1v) is 9.74. The fraction of sp³-hybridized carbons (Fsp3) is 0.722. The highest BCUT2D eigenvalue weighted by molar-refractivity contribution is 7.09. The van der Waals surface area contributed by atoms with E-state index in [4.69, 9.17) is 4.74 Å². The van der Waals surface area contributed by atoms with E-state index in [1.54, 1.807) is 12.3 Å². The summed E-state index contributed by atoms with van der Waals surface area (Å²) in [6.45, 7) is 10.8. The molecule has 1 aromatic rings. The van der Waals surface area contributed by atoms with Crippen LogP contribution in [0.1, 0.15) is 75.8 Å². The molecule has 1 amide bonds. The Morgan fingerprint density at radius 1 is 1.29 bits per heavy atom. The molecule has 1 aromatic heterocycles. The average molecular weight is 355 g/mol. The highest BCUT2D eigenvalue weighted by Crippen LogP contribution is 2.21. The number of carbonyl (C=O) groups is 2. The lowest BCUT2D eigenvalue weighted by Crippen LogP contribution is -2.40. The Balaban J connectivity index is 2.82. The summed E-state index contributed by atoms with van der Waals surface area (Å²) in [5, 5.41) is 2.47. The highest BCUT2D eigenvalue weighted by Gasteiger charge is 2.25. The van der Waals surface area contributed by atoms with Crippen LogP contribution in [0, 0.1) is 5.92 Å². The van der Waals surface area contributed by atoms with Crippen LogP contribution in [0.4, 0.5) is 0 Å². The minimum atomic E-state index is -0.406. The van der Waals surface area contributed by atoms with E-state index < -0.39 is 5.97 Å². The summed E-state index contributed by atoms with van der Waals surface area (Å²) in [6.07, 6.45) is 3.95. The Morgan fingerprint density at radius 2 is 2.00 bits per heavy atom. The van der Waals surface area contributed by atoms with Gasteiger partial charge in [-0.1, -0.05) is 26.7 Å². The topological polar surface area (TPSA) is 59.5 Å². The Labute approximate surface area is 149 Å². The fourth-order valence-electron chi connectivity index (χ4n) is 2.53. The molecule has 0 saturated heterocycles. The standard InChI is InChI=1S/C18H30N2O3S/c1-6-9-10-14(7-2)17(21)20(13(4)5)11-16-19-15(12-24-16)18(22)23-8-3/h12-14H,6-11H2,1-5H3/t14-/m0/s1. The molecule has 24 heavy (non-hydrogen) atoms. The molecule has 5 nitrogen and oxygen atoms in total. The molecule has 0 bridgehead atoms. The molecular weight excluding hydrogens is 324 g/mol. The molecule has 0 N–H and O–H groups in total. The SMILES string of the molecule is CCCC[C@H](CC)C(=O)N(Cc1nc(C(=O)OCC)cs1)C(C)C. The van der Waals surface area contributed by atoms with Crippen molar-refractivity contribution >= 4 is 23.2 Å². The number of thiazole rings is 1. The third kappa shape index (κ3) is 5.89. The number of aromatic nitrogens is 1. The van der Waals surface area contributed by atoms with E-state index in [1.165, 1.54) is 11.3 Å². The molecule has 0 saturated carbocycles. The van der Waals surface area contributed by atoms with Crippen LogP contribution in [-0.2, 0) is 16.1 Å². The largest absolute Gasteiger partial charge is 0.461 e.